The molecule has 96 valence electrons. The van der Waals surface area contributed by atoms with Crippen molar-refractivity contribution in [1.82, 2.24) is 0 Å². The lowest BCUT2D eigenvalue weighted by atomic mass is 10.1. The van der Waals surface area contributed by atoms with E-state index in [1.165, 1.54) is 17.7 Å². The van der Waals surface area contributed by atoms with Gasteiger partial charge in [0.25, 0.3) is 0 Å². The van der Waals surface area contributed by atoms with Crippen LogP contribution in [-0.2, 0) is 11.2 Å². The number of nitrogens with one attached hydrogen (secondary N) is 1. The number of halogens is 1. The number of anilines is 1. The fourth-order valence-corrected chi connectivity index (χ4v) is 2.07. The Kier molecular flexibility index (Phi) is 6.60. The highest BCUT2D eigenvalue weighted by molar-refractivity contribution is 9.10. The van der Waals surface area contributed by atoms with Gasteiger partial charge in [0.15, 0.2) is 0 Å². The smallest absolute Gasteiger partial charge is 0.124 e. The van der Waals surface area contributed by atoms with Gasteiger partial charge in [-0.1, -0.05) is 36.2 Å². The van der Waals surface area contributed by atoms with Crippen molar-refractivity contribution in [3.8, 4) is 0 Å². The largest absolute Gasteiger partial charge is 0.360 e. The monoisotopic (exact) mass is 299 g/mol. The number of aryl methyl sites for hydroxylation is 1. The highest BCUT2D eigenvalue weighted by atomic mass is 79.9. The molecule has 0 aromatic heterocycles. The van der Waals surface area contributed by atoms with Crippen LogP contribution in [0.1, 0.15) is 39.2 Å². The zero-order chi connectivity index (χ0) is 12.7. The van der Waals surface area contributed by atoms with Crippen LogP contribution in [0.25, 0.3) is 0 Å². The number of benzene rings is 1. The average Bonchev–Trinajstić information content (AvgIpc) is 2.32. The van der Waals surface area contributed by atoms with Gasteiger partial charge in [-0.25, -0.2) is 0 Å². The summed E-state index contributed by atoms with van der Waals surface area (Å²) >= 11 is 3.50. The molecule has 3 heteroatoms. The molecule has 0 amide bonds. The van der Waals surface area contributed by atoms with Gasteiger partial charge in [0.2, 0.25) is 0 Å². The molecule has 0 aliphatic heterocycles. The fraction of sp³-hybridized carbons (Fsp3) is 0.571. The normalized spacial score (nSPS) is 12.5. The summed E-state index contributed by atoms with van der Waals surface area (Å²) in [6.07, 6.45) is 3.37. The van der Waals surface area contributed by atoms with Crippen LogP contribution in [0.15, 0.2) is 22.7 Å². The van der Waals surface area contributed by atoms with E-state index in [0.717, 1.165) is 23.9 Å². The van der Waals surface area contributed by atoms with E-state index in [4.69, 9.17) is 4.74 Å². The van der Waals surface area contributed by atoms with Crippen molar-refractivity contribution in [3.05, 3.63) is 28.2 Å². The minimum atomic E-state index is 0.0630. The van der Waals surface area contributed by atoms with Crippen LogP contribution in [0.3, 0.4) is 0 Å². The molecule has 0 fully saturated rings. The summed E-state index contributed by atoms with van der Waals surface area (Å²) in [4.78, 5) is 0. The second kappa shape index (κ2) is 7.72. The third-order valence-electron chi connectivity index (χ3n) is 2.67. The highest BCUT2D eigenvalue weighted by Gasteiger charge is 2.05. The maximum Gasteiger partial charge on any atom is 0.124 e. The first kappa shape index (κ1) is 14.5. The predicted molar refractivity (Wildman–Crippen MR) is 77.5 cm³/mol. The highest BCUT2D eigenvalue weighted by Crippen LogP contribution is 2.22. The molecule has 1 N–H and O–H groups in total. The molecular weight excluding hydrogens is 278 g/mol. The molecule has 1 rings (SSSR count). The van der Waals surface area contributed by atoms with Crippen molar-refractivity contribution in [1.29, 1.82) is 0 Å². The van der Waals surface area contributed by atoms with E-state index in [0.29, 0.717) is 0 Å². The van der Waals surface area contributed by atoms with Crippen molar-refractivity contribution in [2.75, 3.05) is 11.9 Å². The minimum Gasteiger partial charge on any atom is -0.360 e. The van der Waals surface area contributed by atoms with Gasteiger partial charge >= 0.3 is 0 Å². The van der Waals surface area contributed by atoms with Crippen LogP contribution in [0.2, 0.25) is 0 Å². The molecule has 0 heterocycles. The van der Waals surface area contributed by atoms with Crippen LogP contribution in [-0.4, -0.2) is 12.8 Å². The summed E-state index contributed by atoms with van der Waals surface area (Å²) in [7, 11) is 0. The van der Waals surface area contributed by atoms with Crippen LogP contribution < -0.4 is 5.32 Å². The molecule has 0 bridgehead atoms. The first-order valence-corrected chi connectivity index (χ1v) is 7.13. The van der Waals surface area contributed by atoms with Gasteiger partial charge in [0.05, 0.1) is 0 Å². The van der Waals surface area contributed by atoms with Crippen LogP contribution in [0.4, 0.5) is 5.69 Å². The van der Waals surface area contributed by atoms with Crippen LogP contribution >= 0.6 is 15.9 Å². The van der Waals surface area contributed by atoms with E-state index < -0.39 is 0 Å². The van der Waals surface area contributed by atoms with E-state index in [9.17, 15) is 0 Å². The Balaban J connectivity index is 2.55. The summed E-state index contributed by atoms with van der Waals surface area (Å²) in [6.45, 7) is 7.21. The van der Waals surface area contributed by atoms with Gasteiger partial charge in [-0.3, -0.25) is 0 Å². The van der Waals surface area contributed by atoms with Gasteiger partial charge in [-0.15, -0.1) is 0 Å². The lowest BCUT2D eigenvalue weighted by Crippen LogP contribution is -2.20. The summed E-state index contributed by atoms with van der Waals surface area (Å²) < 4.78 is 6.82. The van der Waals surface area contributed by atoms with Gasteiger partial charge in [-0.2, -0.15) is 0 Å². The molecule has 1 unspecified atom stereocenters. The number of rotatable bonds is 7. The van der Waals surface area contributed by atoms with Crippen LogP contribution in [0.5, 0.6) is 0 Å². The number of hydrogen-bond donors (Lipinski definition) is 1. The molecule has 0 radical (unpaired) electrons. The molecule has 0 saturated carbocycles. The first-order chi connectivity index (χ1) is 8.17. The predicted octanol–water partition coefficient (Wildman–Crippen LogP) is 4.59. The standard InChI is InChI=1S/C14H22BrNO/c1-4-6-9-17-11(3)16-14-8-7-13(15)10-12(14)5-2/h7-8,10-11,16H,4-6,9H2,1-3H3. The summed E-state index contributed by atoms with van der Waals surface area (Å²) in [5.74, 6) is 0. The van der Waals surface area contributed by atoms with Crippen molar-refractivity contribution in [2.24, 2.45) is 0 Å². The Morgan fingerprint density at radius 2 is 2.12 bits per heavy atom. The SMILES string of the molecule is CCCCOC(C)Nc1ccc(Br)cc1CC. The maximum atomic E-state index is 5.69. The van der Waals surface area contributed by atoms with Crippen LogP contribution in [0, 0.1) is 0 Å². The van der Waals surface area contributed by atoms with E-state index in [1.54, 1.807) is 0 Å². The van der Waals surface area contributed by atoms with Crippen molar-refractivity contribution < 1.29 is 4.74 Å². The second-order valence-corrected chi connectivity index (χ2v) is 5.08. The quantitative estimate of drug-likeness (QED) is 0.587. The van der Waals surface area contributed by atoms with Gasteiger partial charge in [-0.05, 0) is 43.5 Å². The lowest BCUT2D eigenvalue weighted by molar-refractivity contribution is 0.0825. The topological polar surface area (TPSA) is 21.3 Å². The Bertz CT molecular complexity index is 341. The van der Waals surface area contributed by atoms with E-state index in [-0.39, 0.29) is 6.23 Å². The first-order valence-electron chi connectivity index (χ1n) is 6.34. The number of hydrogen-bond acceptors (Lipinski definition) is 2. The van der Waals surface area contributed by atoms with E-state index in [1.807, 2.05) is 0 Å². The van der Waals surface area contributed by atoms with Gasteiger partial charge in [0, 0.05) is 16.8 Å². The van der Waals surface area contributed by atoms with Crippen molar-refractivity contribution >= 4 is 21.6 Å². The molecule has 2 nitrogen and oxygen atoms in total. The van der Waals surface area contributed by atoms with Crippen molar-refractivity contribution in [2.45, 2.75) is 46.3 Å². The summed E-state index contributed by atoms with van der Waals surface area (Å²) in [6, 6.07) is 6.31. The molecular formula is C14H22BrNO. The van der Waals surface area contributed by atoms with Gasteiger partial charge in [0.1, 0.15) is 6.23 Å². The van der Waals surface area contributed by atoms with Gasteiger partial charge < -0.3 is 10.1 Å². The van der Waals surface area contributed by atoms with E-state index >= 15 is 0 Å². The zero-order valence-electron chi connectivity index (χ0n) is 10.9. The summed E-state index contributed by atoms with van der Waals surface area (Å²) in [5, 5.41) is 3.40. The zero-order valence-corrected chi connectivity index (χ0v) is 12.5. The second-order valence-electron chi connectivity index (χ2n) is 4.17. The Hall–Kier alpha value is -0.540. The molecule has 1 atom stereocenters. The van der Waals surface area contributed by atoms with E-state index in [2.05, 4.69) is 60.2 Å². The molecule has 1 aromatic carbocycles. The third kappa shape index (κ3) is 5.09. The molecule has 1 aromatic rings. The Morgan fingerprint density at radius 1 is 1.35 bits per heavy atom. The van der Waals surface area contributed by atoms with Crippen molar-refractivity contribution in [3.63, 3.8) is 0 Å². The molecule has 0 saturated heterocycles. The Labute approximate surface area is 113 Å². The molecule has 0 aliphatic carbocycles. The third-order valence-corrected chi connectivity index (χ3v) is 3.17. The molecule has 0 aliphatic rings. The Morgan fingerprint density at radius 3 is 2.76 bits per heavy atom. The molecule has 17 heavy (non-hydrogen) atoms. The maximum absolute atomic E-state index is 5.69. The lowest BCUT2D eigenvalue weighted by Gasteiger charge is -2.18. The fourth-order valence-electron chi connectivity index (χ4n) is 1.66. The minimum absolute atomic E-state index is 0.0630. The number of unbranched alkanes of at least 4 members (excludes halogenated alkanes) is 1. The average molecular weight is 300 g/mol. The molecule has 0 spiro atoms. The number of ether oxygens (including phenoxy) is 1. The summed E-state index contributed by atoms with van der Waals surface area (Å²) in [5.41, 5.74) is 2.48.